The van der Waals surface area contributed by atoms with Crippen molar-refractivity contribution >= 4 is 5.97 Å². The third kappa shape index (κ3) is 3.31. The maximum atomic E-state index is 13.0. The van der Waals surface area contributed by atoms with E-state index in [-0.39, 0.29) is 18.2 Å². The minimum absolute atomic E-state index is 0.110. The highest BCUT2D eigenvalue weighted by Gasteiger charge is 2.13. The first-order valence-electron chi connectivity index (χ1n) is 5.21. The summed E-state index contributed by atoms with van der Waals surface area (Å²) < 4.78 is 17.8. The summed E-state index contributed by atoms with van der Waals surface area (Å²) in [6.45, 7) is 3.75. The Morgan fingerprint density at radius 2 is 2.25 bits per heavy atom. The van der Waals surface area contributed by atoms with E-state index in [1.807, 2.05) is 0 Å². The lowest BCUT2D eigenvalue weighted by Crippen LogP contribution is -2.17. The molecule has 0 saturated heterocycles. The van der Waals surface area contributed by atoms with Gasteiger partial charge in [-0.3, -0.25) is 4.79 Å². The lowest BCUT2D eigenvalue weighted by atomic mass is 10.0. The molecule has 1 atom stereocenters. The zero-order valence-electron chi connectivity index (χ0n) is 9.50. The van der Waals surface area contributed by atoms with Crippen LogP contribution < -0.4 is 5.73 Å². The molecule has 1 aromatic carbocycles. The van der Waals surface area contributed by atoms with Crippen LogP contribution >= 0.6 is 0 Å². The molecule has 2 N–H and O–H groups in total. The highest BCUT2D eigenvalue weighted by molar-refractivity contribution is 5.70. The Kier molecular flexibility index (Phi) is 4.43. The molecule has 88 valence electrons. The van der Waals surface area contributed by atoms with Gasteiger partial charge in [0.2, 0.25) is 0 Å². The number of ether oxygens (including phenoxy) is 1. The summed E-state index contributed by atoms with van der Waals surface area (Å²) in [7, 11) is 0. The van der Waals surface area contributed by atoms with Crippen LogP contribution in [-0.4, -0.2) is 12.6 Å². The van der Waals surface area contributed by atoms with Gasteiger partial charge in [-0.1, -0.05) is 12.1 Å². The van der Waals surface area contributed by atoms with Gasteiger partial charge in [0.05, 0.1) is 13.0 Å². The molecule has 0 heterocycles. The Balaban J connectivity index is 2.69. The SMILES string of the molecule is CCOC(=O)C[C@@H](N)c1ccc(F)c(C)c1. The van der Waals surface area contributed by atoms with Crippen LogP contribution in [0.4, 0.5) is 4.39 Å². The number of carbonyl (C=O) groups excluding carboxylic acids is 1. The van der Waals surface area contributed by atoms with Crippen molar-refractivity contribution in [2.24, 2.45) is 5.73 Å². The molecule has 3 nitrogen and oxygen atoms in total. The first-order valence-corrected chi connectivity index (χ1v) is 5.21. The summed E-state index contributed by atoms with van der Waals surface area (Å²) in [5, 5.41) is 0. The monoisotopic (exact) mass is 225 g/mol. The molecular weight excluding hydrogens is 209 g/mol. The molecule has 0 amide bonds. The number of aryl methyl sites for hydroxylation is 1. The van der Waals surface area contributed by atoms with E-state index < -0.39 is 6.04 Å². The predicted octanol–water partition coefficient (Wildman–Crippen LogP) is 2.09. The Labute approximate surface area is 94.4 Å². The fourth-order valence-electron chi connectivity index (χ4n) is 1.42. The number of hydrogen-bond donors (Lipinski definition) is 1. The Hall–Kier alpha value is -1.42. The smallest absolute Gasteiger partial charge is 0.307 e. The fraction of sp³-hybridized carbons (Fsp3) is 0.417. The first kappa shape index (κ1) is 12.6. The van der Waals surface area contributed by atoms with Crippen molar-refractivity contribution in [1.82, 2.24) is 0 Å². The molecule has 0 radical (unpaired) electrons. The first-order chi connectivity index (χ1) is 7.54. The second kappa shape index (κ2) is 5.61. The average molecular weight is 225 g/mol. The summed E-state index contributed by atoms with van der Waals surface area (Å²) in [6.07, 6.45) is 0.110. The molecule has 1 aromatic rings. The van der Waals surface area contributed by atoms with Crippen molar-refractivity contribution in [3.63, 3.8) is 0 Å². The minimum atomic E-state index is -0.446. The van der Waals surface area contributed by atoms with Crippen LogP contribution in [0.1, 0.15) is 30.5 Å². The summed E-state index contributed by atoms with van der Waals surface area (Å²) in [5.74, 6) is -0.607. The van der Waals surface area contributed by atoms with Crippen molar-refractivity contribution in [3.05, 3.63) is 35.1 Å². The predicted molar refractivity (Wildman–Crippen MR) is 59.3 cm³/mol. The minimum Gasteiger partial charge on any atom is -0.466 e. The average Bonchev–Trinajstić information content (AvgIpc) is 2.22. The van der Waals surface area contributed by atoms with Crippen LogP contribution in [0, 0.1) is 12.7 Å². The van der Waals surface area contributed by atoms with E-state index in [0.29, 0.717) is 12.2 Å². The fourth-order valence-corrected chi connectivity index (χ4v) is 1.42. The summed E-state index contributed by atoms with van der Waals surface area (Å²) in [6, 6.07) is 4.15. The number of carbonyl (C=O) groups is 1. The van der Waals surface area contributed by atoms with E-state index in [9.17, 15) is 9.18 Å². The standard InChI is InChI=1S/C12H16FNO2/c1-3-16-12(15)7-11(14)9-4-5-10(13)8(2)6-9/h4-6,11H,3,7,14H2,1-2H3/t11-/m1/s1. The molecule has 0 aliphatic rings. The number of nitrogens with two attached hydrogens (primary N) is 1. The van der Waals surface area contributed by atoms with Crippen molar-refractivity contribution in [2.75, 3.05) is 6.61 Å². The second-order valence-corrected chi connectivity index (χ2v) is 3.62. The van der Waals surface area contributed by atoms with Crippen molar-refractivity contribution in [2.45, 2.75) is 26.3 Å². The Morgan fingerprint density at radius 3 is 2.81 bits per heavy atom. The van der Waals surface area contributed by atoms with E-state index in [1.54, 1.807) is 26.0 Å². The molecule has 0 bridgehead atoms. The van der Waals surface area contributed by atoms with Crippen LogP contribution in [-0.2, 0) is 9.53 Å². The van der Waals surface area contributed by atoms with E-state index in [4.69, 9.17) is 10.5 Å². The third-order valence-electron chi connectivity index (χ3n) is 2.30. The maximum Gasteiger partial charge on any atom is 0.307 e. The topological polar surface area (TPSA) is 52.3 Å². The Bertz CT molecular complexity index is 379. The number of benzene rings is 1. The molecule has 0 spiro atoms. The summed E-state index contributed by atoms with van der Waals surface area (Å²) >= 11 is 0. The van der Waals surface area contributed by atoms with Gasteiger partial charge >= 0.3 is 5.97 Å². The highest BCUT2D eigenvalue weighted by atomic mass is 19.1. The van der Waals surface area contributed by atoms with Crippen LogP contribution in [0.15, 0.2) is 18.2 Å². The highest BCUT2D eigenvalue weighted by Crippen LogP contribution is 2.17. The third-order valence-corrected chi connectivity index (χ3v) is 2.30. The van der Waals surface area contributed by atoms with Crippen molar-refractivity contribution in [3.8, 4) is 0 Å². The molecule has 0 aromatic heterocycles. The van der Waals surface area contributed by atoms with Crippen molar-refractivity contribution in [1.29, 1.82) is 0 Å². The van der Waals surface area contributed by atoms with E-state index in [0.717, 1.165) is 5.56 Å². The lowest BCUT2D eigenvalue weighted by Gasteiger charge is -2.12. The molecule has 16 heavy (non-hydrogen) atoms. The van der Waals surface area contributed by atoms with Gasteiger partial charge in [0.1, 0.15) is 5.82 Å². The van der Waals surface area contributed by atoms with Gasteiger partial charge in [-0.05, 0) is 31.0 Å². The molecule has 1 rings (SSSR count). The molecule has 0 aliphatic heterocycles. The van der Waals surface area contributed by atoms with Crippen LogP contribution in [0.5, 0.6) is 0 Å². The van der Waals surface area contributed by atoms with Gasteiger partial charge in [0, 0.05) is 6.04 Å². The number of esters is 1. The van der Waals surface area contributed by atoms with Gasteiger partial charge in [-0.2, -0.15) is 0 Å². The van der Waals surface area contributed by atoms with Crippen LogP contribution in [0.3, 0.4) is 0 Å². The normalized spacial score (nSPS) is 12.2. The molecule has 4 heteroatoms. The largest absolute Gasteiger partial charge is 0.466 e. The van der Waals surface area contributed by atoms with Crippen molar-refractivity contribution < 1.29 is 13.9 Å². The Morgan fingerprint density at radius 1 is 1.56 bits per heavy atom. The molecular formula is C12H16FNO2. The van der Waals surface area contributed by atoms with Gasteiger partial charge < -0.3 is 10.5 Å². The molecule has 0 fully saturated rings. The van der Waals surface area contributed by atoms with E-state index in [1.165, 1.54) is 6.07 Å². The maximum absolute atomic E-state index is 13.0. The van der Waals surface area contributed by atoms with Gasteiger partial charge in [-0.25, -0.2) is 4.39 Å². The van der Waals surface area contributed by atoms with Gasteiger partial charge in [0.15, 0.2) is 0 Å². The van der Waals surface area contributed by atoms with Crippen LogP contribution in [0.25, 0.3) is 0 Å². The van der Waals surface area contributed by atoms with E-state index in [2.05, 4.69) is 0 Å². The number of halogens is 1. The van der Waals surface area contributed by atoms with Gasteiger partial charge in [0.25, 0.3) is 0 Å². The molecule has 0 unspecified atom stereocenters. The summed E-state index contributed by atoms with van der Waals surface area (Å²) in [4.78, 5) is 11.2. The van der Waals surface area contributed by atoms with E-state index >= 15 is 0 Å². The number of rotatable bonds is 4. The summed E-state index contributed by atoms with van der Waals surface area (Å²) in [5.41, 5.74) is 7.09. The lowest BCUT2D eigenvalue weighted by molar-refractivity contribution is -0.143. The zero-order chi connectivity index (χ0) is 12.1. The quantitative estimate of drug-likeness (QED) is 0.798. The number of hydrogen-bond acceptors (Lipinski definition) is 3. The zero-order valence-corrected chi connectivity index (χ0v) is 9.50. The molecule has 0 aliphatic carbocycles. The second-order valence-electron chi connectivity index (χ2n) is 3.62. The molecule has 0 saturated carbocycles. The van der Waals surface area contributed by atoms with Crippen LogP contribution in [0.2, 0.25) is 0 Å². The van der Waals surface area contributed by atoms with Gasteiger partial charge in [-0.15, -0.1) is 0 Å².